The van der Waals surface area contributed by atoms with Crippen molar-refractivity contribution in [3.05, 3.63) is 35.9 Å². The second-order valence-electron chi connectivity index (χ2n) is 1.62. The second kappa shape index (κ2) is 13.2. The zero-order chi connectivity index (χ0) is 9.82. The third-order valence-corrected chi connectivity index (χ3v) is 1.64. The molecule has 12 heavy (non-hydrogen) atoms. The van der Waals surface area contributed by atoms with Gasteiger partial charge in [0.25, 0.3) is 0 Å². The average molecular weight is 235 g/mol. The van der Waals surface area contributed by atoms with Crippen molar-refractivity contribution in [3.8, 4) is 0 Å². The van der Waals surface area contributed by atoms with Crippen LogP contribution in [-0.2, 0) is 5.33 Å². The lowest BCUT2D eigenvalue weighted by Gasteiger charge is -1.88. The van der Waals surface area contributed by atoms with Crippen molar-refractivity contribution in [2.75, 3.05) is 7.18 Å². The minimum atomic E-state index is 0.500. The van der Waals surface area contributed by atoms with Crippen molar-refractivity contribution < 1.29 is 4.39 Å². The van der Waals surface area contributed by atoms with Gasteiger partial charge in [0.1, 0.15) is 0 Å². The fraction of sp³-hybridized carbons (Fsp3) is 0.400. The monoisotopic (exact) mass is 234 g/mol. The summed E-state index contributed by atoms with van der Waals surface area (Å²) in [7, 11) is 0.500. The van der Waals surface area contributed by atoms with Gasteiger partial charge in [0, 0.05) is 5.33 Å². The van der Waals surface area contributed by atoms with E-state index in [1.54, 1.807) is 0 Å². The molecule has 0 aliphatic heterocycles. The third kappa shape index (κ3) is 7.73. The number of alkyl halides is 2. The maximum atomic E-state index is 9.50. The first-order chi connectivity index (χ1) is 5.93. The predicted octanol–water partition coefficient (Wildman–Crippen LogP) is 4.19. The van der Waals surface area contributed by atoms with Crippen LogP contribution >= 0.6 is 15.9 Å². The molecule has 0 saturated heterocycles. The fourth-order valence-corrected chi connectivity index (χ4v) is 0.941. The maximum Gasteiger partial charge on any atom is 0.0785 e. The second-order valence-corrected chi connectivity index (χ2v) is 2.18. The Morgan fingerprint density at radius 1 is 1.08 bits per heavy atom. The molecular formula is C10H16BrF. The van der Waals surface area contributed by atoms with E-state index in [0.29, 0.717) is 7.18 Å². The van der Waals surface area contributed by atoms with E-state index < -0.39 is 0 Å². The van der Waals surface area contributed by atoms with Crippen molar-refractivity contribution in [1.82, 2.24) is 0 Å². The van der Waals surface area contributed by atoms with Gasteiger partial charge in [-0.15, -0.1) is 0 Å². The number of hydrogen-bond acceptors (Lipinski definition) is 0. The Morgan fingerprint density at radius 3 is 1.75 bits per heavy atom. The summed E-state index contributed by atoms with van der Waals surface area (Å²) in [5.41, 5.74) is 1.33. The zero-order valence-electron chi connectivity index (χ0n) is 7.85. The first-order valence-corrected chi connectivity index (χ1v) is 5.03. The molecular weight excluding hydrogens is 219 g/mol. The van der Waals surface area contributed by atoms with Gasteiger partial charge in [-0.05, 0) is 5.56 Å². The predicted molar refractivity (Wildman–Crippen MR) is 57.5 cm³/mol. The number of hydrogen-bond donors (Lipinski definition) is 0. The summed E-state index contributed by atoms with van der Waals surface area (Å²) >= 11 is 3.36. The van der Waals surface area contributed by atoms with Crippen LogP contribution in [0, 0.1) is 0 Å². The molecule has 70 valence electrons. The van der Waals surface area contributed by atoms with E-state index in [1.807, 2.05) is 32.0 Å². The lowest BCUT2D eigenvalue weighted by atomic mass is 10.2. The Kier molecular flexibility index (Phi) is 15.6. The van der Waals surface area contributed by atoms with Crippen molar-refractivity contribution in [3.63, 3.8) is 0 Å². The van der Waals surface area contributed by atoms with Gasteiger partial charge in [0.15, 0.2) is 0 Å². The Morgan fingerprint density at radius 2 is 1.50 bits per heavy atom. The highest BCUT2D eigenvalue weighted by Gasteiger charge is 1.81. The highest BCUT2D eigenvalue weighted by Crippen LogP contribution is 2.02. The first kappa shape index (κ1) is 14.2. The third-order valence-electron chi connectivity index (χ3n) is 0.997. The van der Waals surface area contributed by atoms with E-state index in [1.165, 1.54) is 5.56 Å². The highest BCUT2D eigenvalue weighted by atomic mass is 79.9. The quantitative estimate of drug-likeness (QED) is 0.640. The van der Waals surface area contributed by atoms with Crippen LogP contribution in [0.3, 0.4) is 0 Å². The van der Waals surface area contributed by atoms with Crippen LogP contribution in [-0.4, -0.2) is 7.18 Å². The molecule has 0 aromatic heterocycles. The maximum absolute atomic E-state index is 9.50. The van der Waals surface area contributed by atoms with E-state index in [-0.39, 0.29) is 0 Å². The summed E-state index contributed by atoms with van der Waals surface area (Å²) in [6, 6.07) is 10.3. The molecule has 1 aromatic carbocycles. The van der Waals surface area contributed by atoms with Crippen molar-refractivity contribution in [2.24, 2.45) is 0 Å². The van der Waals surface area contributed by atoms with E-state index >= 15 is 0 Å². The van der Waals surface area contributed by atoms with Gasteiger partial charge in [-0.2, -0.15) is 0 Å². The van der Waals surface area contributed by atoms with Gasteiger partial charge in [0.05, 0.1) is 7.18 Å². The van der Waals surface area contributed by atoms with Crippen LogP contribution in [0.4, 0.5) is 4.39 Å². The molecule has 0 fully saturated rings. The van der Waals surface area contributed by atoms with E-state index in [4.69, 9.17) is 0 Å². The summed E-state index contributed by atoms with van der Waals surface area (Å²) in [5.74, 6) is 0. The number of benzene rings is 1. The minimum absolute atomic E-state index is 0.500. The van der Waals surface area contributed by atoms with Gasteiger partial charge >= 0.3 is 0 Å². The summed E-state index contributed by atoms with van der Waals surface area (Å²) in [6.45, 7) is 4.00. The largest absolute Gasteiger partial charge is 0.255 e. The highest BCUT2D eigenvalue weighted by molar-refractivity contribution is 9.08. The standard InChI is InChI=1S/C7H7Br.C2H6.CH3F/c8-6-7-4-2-1-3-5-7;2*1-2/h1-5H,6H2;1-2H3;1H3. The molecule has 0 N–H and O–H groups in total. The van der Waals surface area contributed by atoms with Crippen molar-refractivity contribution in [1.29, 1.82) is 0 Å². The van der Waals surface area contributed by atoms with Crippen LogP contribution in [0.1, 0.15) is 19.4 Å². The zero-order valence-corrected chi connectivity index (χ0v) is 9.44. The van der Waals surface area contributed by atoms with Crippen LogP contribution in [0.2, 0.25) is 0 Å². The molecule has 0 spiro atoms. The summed E-state index contributed by atoms with van der Waals surface area (Å²) in [5, 5.41) is 0.952. The Balaban J connectivity index is 0. The van der Waals surface area contributed by atoms with E-state index in [0.717, 1.165) is 5.33 Å². The van der Waals surface area contributed by atoms with Gasteiger partial charge < -0.3 is 0 Å². The number of rotatable bonds is 1. The van der Waals surface area contributed by atoms with Crippen LogP contribution in [0.5, 0.6) is 0 Å². The minimum Gasteiger partial charge on any atom is -0.255 e. The van der Waals surface area contributed by atoms with Gasteiger partial charge in [0.2, 0.25) is 0 Å². The molecule has 0 bridgehead atoms. The molecule has 0 aliphatic carbocycles. The number of halogens is 2. The first-order valence-electron chi connectivity index (χ1n) is 3.91. The van der Waals surface area contributed by atoms with E-state index in [9.17, 15) is 4.39 Å². The van der Waals surface area contributed by atoms with Gasteiger partial charge in [-0.1, -0.05) is 60.1 Å². The van der Waals surface area contributed by atoms with E-state index in [2.05, 4.69) is 28.1 Å². The summed E-state index contributed by atoms with van der Waals surface area (Å²) in [4.78, 5) is 0. The van der Waals surface area contributed by atoms with Crippen molar-refractivity contribution in [2.45, 2.75) is 19.2 Å². The summed E-state index contributed by atoms with van der Waals surface area (Å²) in [6.07, 6.45) is 0. The average Bonchev–Trinajstić information content (AvgIpc) is 2.25. The Bertz CT molecular complexity index is 151. The SMILES string of the molecule is BrCc1ccccc1.CC.CF. The molecule has 0 atom stereocenters. The van der Waals surface area contributed by atoms with Gasteiger partial charge in [-0.25, -0.2) is 0 Å². The molecule has 0 nitrogen and oxygen atoms in total. The van der Waals surface area contributed by atoms with Crippen LogP contribution in [0.25, 0.3) is 0 Å². The smallest absolute Gasteiger partial charge is 0.0785 e. The molecule has 0 saturated carbocycles. The van der Waals surface area contributed by atoms with Crippen LogP contribution < -0.4 is 0 Å². The molecule has 0 unspecified atom stereocenters. The Hall–Kier alpha value is -0.370. The molecule has 2 heteroatoms. The fourth-order valence-electron chi connectivity index (χ4n) is 0.567. The molecule has 1 rings (SSSR count). The van der Waals surface area contributed by atoms with Crippen molar-refractivity contribution >= 4 is 15.9 Å². The molecule has 1 aromatic rings. The van der Waals surface area contributed by atoms with Crippen LogP contribution in [0.15, 0.2) is 30.3 Å². The normalized spacial score (nSPS) is 7.08. The lowest BCUT2D eigenvalue weighted by Crippen LogP contribution is -1.70. The Labute approximate surface area is 82.9 Å². The topological polar surface area (TPSA) is 0 Å². The molecule has 0 amide bonds. The molecule has 0 heterocycles. The van der Waals surface area contributed by atoms with Gasteiger partial charge in [-0.3, -0.25) is 4.39 Å². The molecule has 0 aliphatic rings. The lowest BCUT2D eigenvalue weighted by molar-refractivity contribution is 0.636. The molecule has 0 radical (unpaired) electrons. The summed E-state index contributed by atoms with van der Waals surface area (Å²) < 4.78 is 9.50.